The molecule has 0 saturated heterocycles. The molecule has 0 aliphatic rings. The molecule has 3 aromatic carbocycles. The fourth-order valence-corrected chi connectivity index (χ4v) is 4.00. The molecular formula is C25H22ClFN2O2. The minimum absolute atomic E-state index is 0.226. The second-order valence-corrected chi connectivity index (χ2v) is 7.86. The summed E-state index contributed by atoms with van der Waals surface area (Å²) < 4.78 is 15.4. The van der Waals surface area contributed by atoms with E-state index in [4.69, 9.17) is 11.6 Å². The number of aromatic carboxylic acids is 1. The van der Waals surface area contributed by atoms with E-state index in [1.807, 2.05) is 48.5 Å². The lowest BCUT2D eigenvalue weighted by Crippen LogP contribution is -2.19. The lowest BCUT2D eigenvalue weighted by molar-refractivity contribution is 0.0685. The molecule has 0 amide bonds. The van der Waals surface area contributed by atoms with Gasteiger partial charge in [0.1, 0.15) is 11.5 Å². The number of aromatic nitrogens is 1. The highest BCUT2D eigenvalue weighted by molar-refractivity contribution is 6.30. The van der Waals surface area contributed by atoms with Crippen molar-refractivity contribution in [1.82, 2.24) is 9.88 Å². The Morgan fingerprint density at radius 3 is 2.52 bits per heavy atom. The number of carboxylic acid groups (broad SMARTS) is 1. The molecule has 0 aliphatic carbocycles. The number of hydrogen-bond donors (Lipinski definition) is 2. The molecule has 2 N–H and O–H groups in total. The van der Waals surface area contributed by atoms with Crippen LogP contribution >= 0.6 is 11.6 Å². The first kappa shape index (κ1) is 21.1. The van der Waals surface area contributed by atoms with Crippen LogP contribution in [-0.4, -0.2) is 22.2 Å². The molecule has 4 aromatic rings. The number of hydrogen-bond acceptors (Lipinski definition) is 2. The van der Waals surface area contributed by atoms with Crippen molar-refractivity contribution in [2.45, 2.75) is 19.5 Å². The molecule has 4 rings (SSSR count). The Kier molecular flexibility index (Phi) is 6.35. The minimum atomic E-state index is -0.998. The molecule has 4 nitrogen and oxygen atoms in total. The average molecular weight is 437 g/mol. The van der Waals surface area contributed by atoms with Crippen LogP contribution in [0.1, 0.15) is 27.2 Å². The zero-order valence-electron chi connectivity index (χ0n) is 16.8. The normalized spacial score (nSPS) is 11.2. The Balaban J connectivity index is 1.60. The Morgan fingerprint density at radius 2 is 1.77 bits per heavy atom. The number of para-hydroxylation sites is 1. The van der Waals surface area contributed by atoms with Crippen molar-refractivity contribution in [1.29, 1.82) is 0 Å². The molecule has 0 fully saturated rings. The van der Waals surface area contributed by atoms with Gasteiger partial charge in [0.2, 0.25) is 0 Å². The molecule has 0 aliphatic heterocycles. The third-order valence-corrected chi connectivity index (χ3v) is 5.57. The van der Waals surface area contributed by atoms with Crippen LogP contribution in [0.3, 0.4) is 0 Å². The van der Waals surface area contributed by atoms with Crippen molar-refractivity contribution in [2.75, 3.05) is 6.54 Å². The van der Waals surface area contributed by atoms with Gasteiger partial charge in [-0.05, 0) is 54.4 Å². The van der Waals surface area contributed by atoms with Gasteiger partial charge in [-0.2, -0.15) is 0 Å². The molecule has 0 unspecified atom stereocenters. The van der Waals surface area contributed by atoms with Crippen molar-refractivity contribution in [3.8, 4) is 0 Å². The van der Waals surface area contributed by atoms with E-state index >= 15 is 0 Å². The molecule has 0 saturated carbocycles. The predicted molar refractivity (Wildman–Crippen MR) is 121 cm³/mol. The maximum Gasteiger partial charge on any atom is 0.352 e. The highest BCUT2D eigenvalue weighted by atomic mass is 35.5. The van der Waals surface area contributed by atoms with Gasteiger partial charge >= 0.3 is 5.97 Å². The van der Waals surface area contributed by atoms with E-state index in [2.05, 4.69) is 5.32 Å². The van der Waals surface area contributed by atoms with Gasteiger partial charge in [0.25, 0.3) is 0 Å². The highest BCUT2D eigenvalue weighted by Gasteiger charge is 2.22. The Morgan fingerprint density at radius 1 is 1.00 bits per heavy atom. The first-order valence-corrected chi connectivity index (χ1v) is 10.4. The maximum atomic E-state index is 13.7. The summed E-state index contributed by atoms with van der Waals surface area (Å²) in [6.45, 7) is 1.40. The fourth-order valence-electron chi connectivity index (χ4n) is 3.88. The van der Waals surface area contributed by atoms with Gasteiger partial charge < -0.3 is 15.0 Å². The van der Waals surface area contributed by atoms with Gasteiger partial charge in [-0.3, -0.25) is 0 Å². The SMILES string of the molecule is O=C(O)c1c(CNCCc2ccc(Cl)cc2)c2ccccc2n1Cc1cccc(F)c1. The van der Waals surface area contributed by atoms with Crippen LogP contribution in [0.15, 0.2) is 72.8 Å². The van der Waals surface area contributed by atoms with Crippen LogP contribution in [0, 0.1) is 5.82 Å². The monoisotopic (exact) mass is 436 g/mol. The Bertz CT molecular complexity index is 1220. The zero-order chi connectivity index (χ0) is 21.8. The van der Waals surface area contributed by atoms with Crippen molar-refractivity contribution in [2.24, 2.45) is 0 Å². The average Bonchev–Trinajstić information content (AvgIpc) is 3.06. The van der Waals surface area contributed by atoms with Crippen LogP contribution in [0.2, 0.25) is 5.02 Å². The molecule has 6 heteroatoms. The summed E-state index contributed by atoms with van der Waals surface area (Å²) >= 11 is 5.93. The van der Waals surface area contributed by atoms with Crippen LogP contribution in [0.25, 0.3) is 10.9 Å². The number of nitrogens with zero attached hydrogens (tertiary/aromatic N) is 1. The van der Waals surface area contributed by atoms with E-state index in [1.165, 1.54) is 12.1 Å². The zero-order valence-corrected chi connectivity index (χ0v) is 17.6. The van der Waals surface area contributed by atoms with E-state index < -0.39 is 5.97 Å². The topological polar surface area (TPSA) is 54.3 Å². The van der Waals surface area contributed by atoms with Crippen LogP contribution < -0.4 is 5.32 Å². The van der Waals surface area contributed by atoms with Gasteiger partial charge in [-0.1, -0.05) is 54.1 Å². The smallest absolute Gasteiger partial charge is 0.352 e. The van der Waals surface area contributed by atoms with Gasteiger partial charge in [-0.25, -0.2) is 9.18 Å². The third-order valence-electron chi connectivity index (χ3n) is 5.31. The van der Waals surface area contributed by atoms with Crippen LogP contribution in [0.4, 0.5) is 4.39 Å². The summed E-state index contributed by atoms with van der Waals surface area (Å²) in [6, 6.07) is 21.6. The number of carboxylic acids is 1. The summed E-state index contributed by atoms with van der Waals surface area (Å²) in [6.07, 6.45) is 0.807. The molecule has 158 valence electrons. The van der Waals surface area contributed by atoms with Crippen molar-refractivity contribution in [3.05, 3.63) is 106 Å². The van der Waals surface area contributed by atoms with Gasteiger partial charge in [0, 0.05) is 34.6 Å². The fraction of sp³-hybridized carbons (Fsp3) is 0.160. The number of nitrogens with one attached hydrogen (secondary N) is 1. The Hall–Kier alpha value is -3.15. The number of fused-ring (bicyclic) bond motifs is 1. The molecule has 1 heterocycles. The largest absolute Gasteiger partial charge is 0.477 e. The van der Waals surface area contributed by atoms with Gasteiger partial charge in [0.05, 0.1) is 0 Å². The Labute approximate surface area is 184 Å². The summed E-state index contributed by atoms with van der Waals surface area (Å²) in [5.41, 5.74) is 3.65. The molecule has 0 atom stereocenters. The number of carbonyl (C=O) groups is 1. The third kappa shape index (κ3) is 4.79. The summed E-state index contributed by atoms with van der Waals surface area (Å²) in [7, 11) is 0. The molecular weight excluding hydrogens is 415 g/mol. The van der Waals surface area contributed by atoms with Gasteiger partial charge in [0.15, 0.2) is 0 Å². The number of halogens is 2. The maximum absolute atomic E-state index is 13.7. The molecule has 31 heavy (non-hydrogen) atoms. The van der Waals surface area contributed by atoms with E-state index in [0.717, 1.165) is 28.5 Å². The lowest BCUT2D eigenvalue weighted by Gasteiger charge is -2.10. The first-order chi connectivity index (χ1) is 15.0. The molecule has 0 radical (unpaired) electrons. The van der Waals surface area contributed by atoms with Crippen molar-refractivity contribution < 1.29 is 14.3 Å². The number of rotatable bonds is 8. The molecule has 0 bridgehead atoms. The van der Waals surface area contributed by atoms with E-state index in [9.17, 15) is 14.3 Å². The molecule has 0 spiro atoms. The predicted octanol–water partition coefficient (Wildman–Crippen LogP) is 5.51. The van der Waals surface area contributed by atoms with Crippen molar-refractivity contribution in [3.63, 3.8) is 0 Å². The van der Waals surface area contributed by atoms with E-state index in [0.29, 0.717) is 23.7 Å². The second-order valence-electron chi connectivity index (χ2n) is 7.42. The quantitative estimate of drug-likeness (QED) is 0.358. The van der Waals surface area contributed by atoms with Gasteiger partial charge in [-0.15, -0.1) is 0 Å². The van der Waals surface area contributed by atoms with Crippen molar-refractivity contribution >= 4 is 28.5 Å². The highest BCUT2D eigenvalue weighted by Crippen LogP contribution is 2.27. The van der Waals surface area contributed by atoms with E-state index in [-0.39, 0.29) is 18.1 Å². The van der Waals surface area contributed by atoms with E-state index in [1.54, 1.807) is 16.7 Å². The first-order valence-electron chi connectivity index (χ1n) is 10.1. The minimum Gasteiger partial charge on any atom is -0.477 e. The standard InChI is InChI=1S/C25H22ClFN2O2/c26-19-10-8-17(9-11-19)12-13-28-15-22-21-6-1-2-7-23(21)29(24(22)25(30)31)16-18-4-3-5-20(27)14-18/h1-11,14,28H,12-13,15-16H2,(H,30,31). The lowest BCUT2D eigenvalue weighted by atomic mass is 10.1. The van der Waals surface area contributed by atoms with Crippen LogP contribution in [-0.2, 0) is 19.5 Å². The number of benzene rings is 3. The summed E-state index contributed by atoms with van der Waals surface area (Å²) in [5.74, 6) is -1.34. The summed E-state index contributed by atoms with van der Waals surface area (Å²) in [5, 5.41) is 15.0. The second kappa shape index (κ2) is 9.33. The summed E-state index contributed by atoms with van der Waals surface area (Å²) in [4.78, 5) is 12.2. The van der Waals surface area contributed by atoms with Crippen LogP contribution in [0.5, 0.6) is 0 Å². The molecule has 1 aromatic heterocycles.